The van der Waals surface area contributed by atoms with E-state index in [0.717, 1.165) is 38.0 Å². The van der Waals surface area contributed by atoms with E-state index in [0.29, 0.717) is 0 Å². The number of esters is 1. The van der Waals surface area contributed by atoms with Gasteiger partial charge in [-0.1, -0.05) is 13.3 Å². The zero-order valence-electron chi connectivity index (χ0n) is 13.3. The molecule has 0 aromatic heterocycles. The summed E-state index contributed by atoms with van der Waals surface area (Å²) in [5.41, 5.74) is 5.40. The summed E-state index contributed by atoms with van der Waals surface area (Å²) in [6.45, 7) is 4.19. The number of carbonyl (C=O) groups excluding carboxylic acids is 1. The van der Waals surface area contributed by atoms with Crippen LogP contribution in [0.3, 0.4) is 0 Å². The average Bonchev–Trinajstić information content (AvgIpc) is 2.99. The van der Waals surface area contributed by atoms with Gasteiger partial charge in [-0.05, 0) is 38.5 Å². The standard InChI is InChI=1S/C14H27N3O4S/c1-3-10-5-7-11(8-6-10)17-22(19,20)13-9-12(15-16-13)14(18)21-4-2/h10-13,15-17H,3-9H2,1-2H3. The Bertz CT molecular complexity index is 474. The van der Waals surface area contributed by atoms with Crippen molar-refractivity contribution in [2.24, 2.45) is 5.92 Å². The van der Waals surface area contributed by atoms with Crippen molar-refractivity contribution in [1.82, 2.24) is 15.6 Å². The van der Waals surface area contributed by atoms with E-state index in [1.165, 1.54) is 0 Å². The number of hydrazine groups is 1. The molecule has 1 aliphatic carbocycles. The van der Waals surface area contributed by atoms with Crippen LogP contribution in [0.2, 0.25) is 0 Å². The SMILES string of the molecule is CCOC(=O)C1CC(S(=O)(=O)NC2CCC(CC)CC2)NN1. The van der Waals surface area contributed by atoms with E-state index >= 15 is 0 Å². The fourth-order valence-electron chi connectivity index (χ4n) is 3.13. The van der Waals surface area contributed by atoms with Gasteiger partial charge < -0.3 is 4.74 Å². The van der Waals surface area contributed by atoms with Crippen molar-refractivity contribution in [3.8, 4) is 0 Å². The summed E-state index contributed by atoms with van der Waals surface area (Å²) in [5, 5.41) is -0.800. The predicted octanol–water partition coefficient (Wildman–Crippen LogP) is 0.630. The Morgan fingerprint density at radius 3 is 2.45 bits per heavy atom. The quantitative estimate of drug-likeness (QED) is 0.617. The number of ether oxygens (including phenoxy) is 1. The highest BCUT2D eigenvalue weighted by atomic mass is 32.2. The molecule has 0 aromatic carbocycles. The maximum atomic E-state index is 12.4. The first kappa shape index (κ1) is 17.7. The molecule has 1 saturated carbocycles. The van der Waals surface area contributed by atoms with Crippen LogP contribution in [0.5, 0.6) is 0 Å². The Morgan fingerprint density at radius 1 is 1.18 bits per heavy atom. The fourth-order valence-corrected chi connectivity index (χ4v) is 4.66. The molecule has 2 rings (SSSR count). The van der Waals surface area contributed by atoms with Crippen molar-refractivity contribution in [1.29, 1.82) is 0 Å². The highest BCUT2D eigenvalue weighted by molar-refractivity contribution is 7.90. The molecular weight excluding hydrogens is 306 g/mol. The summed E-state index contributed by atoms with van der Waals surface area (Å²) in [6, 6.07) is -0.603. The van der Waals surface area contributed by atoms with Crippen LogP contribution in [-0.2, 0) is 19.6 Å². The molecule has 0 aromatic rings. The van der Waals surface area contributed by atoms with E-state index in [4.69, 9.17) is 4.74 Å². The summed E-state index contributed by atoms with van der Waals surface area (Å²) in [7, 11) is -3.50. The summed E-state index contributed by atoms with van der Waals surface area (Å²) < 4.78 is 32.5. The van der Waals surface area contributed by atoms with Crippen molar-refractivity contribution in [3.05, 3.63) is 0 Å². The van der Waals surface area contributed by atoms with Gasteiger partial charge in [0.05, 0.1) is 6.61 Å². The van der Waals surface area contributed by atoms with Crippen LogP contribution >= 0.6 is 0 Å². The van der Waals surface area contributed by atoms with Gasteiger partial charge in [-0.25, -0.2) is 24.0 Å². The van der Waals surface area contributed by atoms with Gasteiger partial charge in [0.2, 0.25) is 10.0 Å². The number of hydrogen-bond donors (Lipinski definition) is 3. The minimum absolute atomic E-state index is 0.0104. The molecule has 8 heteroatoms. The minimum atomic E-state index is -3.50. The Balaban J connectivity index is 1.85. The third-order valence-corrected chi connectivity index (χ3v) is 6.29. The van der Waals surface area contributed by atoms with Crippen LogP contribution < -0.4 is 15.6 Å². The summed E-state index contributed by atoms with van der Waals surface area (Å²) in [6.07, 6.45) is 5.27. The van der Waals surface area contributed by atoms with E-state index in [2.05, 4.69) is 22.5 Å². The second-order valence-electron chi connectivity index (χ2n) is 6.11. The van der Waals surface area contributed by atoms with Crippen LogP contribution in [0.1, 0.15) is 52.4 Å². The fraction of sp³-hybridized carbons (Fsp3) is 0.929. The summed E-state index contributed by atoms with van der Waals surface area (Å²) in [4.78, 5) is 11.6. The zero-order chi connectivity index (χ0) is 16.2. The van der Waals surface area contributed by atoms with Crippen LogP contribution in [0.25, 0.3) is 0 Å². The molecule has 3 N–H and O–H groups in total. The number of nitrogens with one attached hydrogen (secondary N) is 3. The molecule has 128 valence electrons. The largest absolute Gasteiger partial charge is 0.465 e. The highest BCUT2D eigenvalue weighted by Gasteiger charge is 2.39. The third-order valence-electron chi connectivity index (χ3n) is 4.57. The van der Waals surface area contributed by atoms with E-state index in [-0.39, 0.29) is 19.1 Å². The monoisotopic (exact) mass is 333 g/mol. The van der Waals surface area contributed by atoms with Gasteiger partial charge in [-0.15, -0.1) is 0 Å². The Labute approximate surface area is 132 Å². The van der Waals surface area contributed by atoms with E-state index in [1.54, 1.807) is 6.92 Å². The maximum absolute atomic E-state index is 12.4. The lowest BCUT2D eigenvalue weighted by atomic mass is 9.85. The minimum Gasteiger partial charge on any atom is -0.465 e. The van der Waals surface area contributed by atoms with Gasteiger partial charge in [-0.3, -0.25) is 4.79 Å². The number of carbonyl (C=O) groups is 1. The van der Waals surface area contributed by atoms with Gasteiger partial charge in [0.15, 0.2) is 0 Å². The molecule has 0 bridgehead atoms. The van der Waals surface area contributed by atoms with Gasteiger partial charge in [0.1, 0.15) is 11.4 Å². The normalized spacial score (nSPS) is 32.8. The van der Waals surface area contributed by atoms with Crippen molar-refractivity contribution < 1.29 is 17.9 Å². The van der Waals surface area contributed by atoms with Crippen LogP contribution in [0.15, 0.2) is 0 Å². The smallest absolute Gasteiger partial charge is 0.324 e. The molecule has 1 heterocycles. The van der Waals surface area contributed by atoms with Crippen LogP contribution in [0, 0.1) is 5.92 Å². The van der Waals surface area contributed by atoms with Gasteiger partial charge in [0, 0.05) is 12.5 Å². The second-order valence-corrected chi connectivity index (χ2v) is 8.00. The molecule has 1 saturated heterocycles. The van der Waals surface area contributed by atoms with Crippen LogP contribution in [0.4, 0.5) is 0 Å². The molecule has 2 unspecified atom stereocenters. The molecule has 0 amide bonds. The molecule has 0 radical (unpaired) electrons. The second kappa shape index (κ2) is 7.72. The molecule has 1 aliphatic heterocycles. The first-order valence-electron chi connectivity index (χ1n) is 8.15. The zero-order valence-corrected chi connectivity index (χ0v) is 14.1. The number of hydrogen-bond acceptors (Lipinski definition) is 6. The third kappa shape index (κ3) is 4.41. The van der Waals surface area contributed by atoms with Gasteiger partial charge >= 0.3 is 5.97 Å². The van der Waals surface area contributed by atoms with E-state index < -0.39 is 27.4 Å². The average molecular weight is 333 g/mol. The first-order chi connectivity index (χ1) is 10.5. The first-order valence-corrected chi connectivity index (χ1v) is 9.69. The van der Waals surface area contributed by atoms with Crippen molar-refractivity contribution in [2.45, 2.75) is 69.8 Å². The molecule has 7 nitrogen and oxygen atoms in total. The Morgan fingerprint density at radius 2 is 1.86 bits per heavy atom. The number of sulfonamides is 1. The van der Waals surface area contributed by atoms with Gasteiger partial charge in [0.25, 0.3) is 0 Å². The highest BCUT2D eigenvalue weighted by Crippen LogP contribution is 2.27. The van der Waals surface area contributed by atoms with Gasteiger partial charge in [-0.2, -0.15) is 0 Å². The molecule has 2 fully saturated rings. The van der Waals surface area contributed by atoms with Crippen molar-refractivity contribution >= 4 is 16.0 Å². The molecule has 0 spiro atoms. The summed E-state index contributed by atoms with van der Waals surface area (Å²) >= 11 is 0. The van der Waals surface area contributed by atoms with E-state index in [1.807, 2.05) is 0 Å². The lowest BCUT2D eigenvalue weighted by Crippen LogP contribution is -2.47. The maximum Gasteiger partial charge on any atom is 0.324 e. The molecule has 22 heavy (non-hydrogen) atoms. The molecule has 2 aliphatic rings. The molecule has 2 atom stereocenters. The predicted molar refractivity (Wildman–Crippen MR) is 83.2 cm³/mol. The van der Waals surface area contributed by atoms with Crippen LogP contribution in [-0.4, -0.2) is 38.5 Å². The topological polar surface area (TPSA) is 96.5 Å². The molecular formula is C14H27N3O4S. The lowest BCUT2D eigenvalue weighted by molar-refractivity contribution is -0.145. The van der Waals surface area contributed by atoms with Crippen molar-refractivity contribution in [2.75, 3.05) is 6.61 Å². The summed E-state index contributed by atoms with van der Waals surface area (Å²) in [5.74, 6) is 0.302. The lowest BCUT2D eigenvalue weighted by Gasteiger charge is -2.29. The Kier molecular flexibility index (Phi) is 6.19. The van der Waals surface area contributed by atoms with Crippen molar-refractivity contribution in [3.63, 3.8) is 0 Å². The van der Waals surface area contributed by atoms with E-state index in [9.17, 15) is 13.2 Å². The number of rotatable bonds is 6. The Hall–Kier alpha value is -0.700.